The molecule has 1 rings (SSSR count). The summed E-state index contributed by atoms with van der Waals surface area (Å²) in [5.74, 6) is -4.15. The average molecular weight is 444 g/mol. The van der Waals surface area contributed by atoms with Crippen molar-refractivity contribution in [3.8, 4) is 0 Å². The van der Waals surface area contributed by atoms with Gasteiger partial charge in [-0.2, -0.15) is 26.3 Å². The molecule has 1 aliphatic rings. The molecule has 7 nitrogen and oxygen atoms in total. The zero-order valence-electron chi connectivity index (χ0n) is 14.5. The number of carbonyl (C=O) groups excluding carboxylic acids is 2. The predicted molar refractivity (Wildman–Crippen MR) is 80.4 cm³/mol. The van der Waals surface area contributed by atoms with Crippen molar-refractivity contribution >= 4 is 24.0 Å². The summed E-state index contributed by atoms with van der Waals surface area (Å²) >= 11 is -1.57. The smallest absolute Gasteiger partial charge is 0.425 e. The first-order chi connectivity index (χ1) is 12.9. The van der Waals surface area contributed by atoms with Crippen LogP contribution in [0.5, 0.6) is 0 Å². The van der Waals surface area contributed by atoms with Gasteiger partial charge >= 0.3 is 29.0 Å². The zero-order valence-corrected chi connectivity index (χ0v) is 15.3. The van der Waals surface area contributed by atoms with Gasteiger partial charge in [0.15, 0.2) is 6.61 Å². The maximum Gasteiger partial charge on any atom is 0.425 e. The van der Waals surface area contributed by atoms with E-state index in [1.807, 2.05) is 0 Å². The fraction of sp³-hybridized carbons (Fsp3) is 0.857. The van der Waals surface area contributed by atoms with Gasteiger partial charge in [0, 0.05) is 0 Å². The topological polar surface area (TPSA) is 91.3 Å². The lowest BCUT2D eigenvalue weighted by molar-refractivity contribution is -0.434. The van der Waals surface area contributed by atoms with E-state index in [4.69, 9.17) is 9.99 Å². The van der Waals surface area contributed by atoms with Crippen LogP contribution in [0.2, 0.25) is 0 Å². The second-order valence-electron chi connectivity index (χ2n) is 6.05. The Morgan fingerprint density at radius 2 is 1.57 bits per heavy atom. The molecule has 14 heteroatoms. The Morgan fingerprint density at radius 1 is 1.04 bits per heavy atom. The molecule has 0 heterocycles. The number of esters is 2. The van der Waals surface area contributed by atoms with Crippen LogP contribution in [0.4, 0.5) is 26.3 Å². The van der Waals surface area contributed by atoms with Crippen molar-refractivity contribution in [2.45, 2.75) is 68.1 Å². The highest BCUT2D eigenvalue weighted by molar-refractivity contribution is 7.96. The molecule has 0 aromatic carbocycles. The van der Waals surface area contributed by atoms with Crippen LogP contribution >= 0.6 is 12.0 Å². The highest BCUT2D eigenvalue weighted by Crippen LogP contribution is 2.53. The third-order valence-corrected chi connectivity index (χ3v) is 5.34. The quantitative estimate of drug-likeness (QED) is 0.197. The predicted octanol–water partition coefficient (Wildman–Crippen LogP) is 4.12. The first kappa shape index (κ1) is 24.8. The minimum atomic E-state index is -6.26. The lowest BCUT2D eigenvalue weighted by atomic mass is 9.83. The molecule has 1 aliphatic carbocycles. The van der Waals surface area contributed by atoms with Gasteiger partial charge in [0.05, 0.1) is 12.0 Å². The molecule has 1 saturated carbocycles. The molecule has 164 valence electrons. The second-order valence-corrected chi connectivity index (χ2v) is 6.97. The van der Waals surface area contributed by atoms with Gasteiger partial charge in [0.25, 0.3) is 0 Å². The summed E-state index contributed by atoms with van der Waals surface area (Å²) < 4.78 is 85.6. The molecule has 1 fully saturated rings. The van der Waals surface area contributed by atoms with E-state index in [1.54, 1.807) is 6.92 Å². The monoisotopic (exact) mass is 444 g/mol. The van der Waals surface area contributed by atoms with Gasteiger partial charge in [-0.25, -0.2) is 14.8 Å². The maximum atomic E-state index is 13.1. The van der Waals surface area contributed by atoms with Crippen LogP contribution in [0.25, 0.3) is 0 Å². The Labute approximate surface area is 159 Å². The fourth-order valence-electron chi connectivity index (χ4n) is 2.81. The van der Waals surface area contributed by atoms with Gasteiger partial charge in [0.2, 0.25) is 0 Å². The lowest BCUT2D eigenvalue weighted by Crippen LogP contribution is -2.60. The van der Waals surface area contributed by atoms with E-state index in [-0.39, 0.29) is 0 Å². The van der Waals surface area contributed by atoms with Gasteiger partial charge in [-0.3, -0.25) is 0 Å². The minimum Gasteiger partial charge on any atom is -0.457 e. The van der Waals surface area contributed by atoms with Crippen LogP contribution in [0.3, 0.4) is 0 Å². The molecule has 0 bridgehead atoms. The van der Waals surface area contributed by atoms with E-state index in [0.717, 1.165) is 19.3 Å². The zero-order chi connectivity index (χ0) is 21.6. The molecule has 0 aromatic heterocycles. The van der Waals surface area contributed by atoms with Crippen LogP contribution in [0.15, 0.2) is 0 Å². The maximum absolute atomic E-state index is 13.1. The SMILES string of the molecule is CCC1(OC(=O)COC(=O)C(SOOO)(C(F)(F)F)C(F)(F)F)CCCCC1. The Kier molecular flexibility index (Phi) is 8.41. The summed E-state index contributed by atoms with van der Waals surface area (Å²) in [5, 5.41) is 10.7. The van der Waals surface area contributed by atoms with Crippen molar-refractivity contribution in [2.75, 3.05) is 6.61 Å². The molecule has 0 radical (unpaired) electrons. The minimum absolute atomic E-state index is 0.388. The Hall–Kier alpha value is -1.25. The number of halogens is 6. The lowest BCUT2D eigenvalue weighted by Gasteiger charge is -2.36. The molecule has 0 saturated heterocycles. The van der Waals surface area contributed by atoms with Gasteiger partial charge in [0.1, 0.15) is 5.60 Å². The number of alkyl halides is 6. The van der Waals surface area contributed by atoms with Crippen LogP contribution in [0.1, 0.15) is 45.4 Å². The molecule has 0 aliphatic heterocycles. The molecule has 28 heavy (non-hydrogen) atoms. The van der Waals surface area contributed by atoms with Crippen molar-refractivity contribution in [1.29, 1.82) is 0 Å². The van der Waals surface area contributed by atoms with Gasteiger partial charge < -0.3 is 9.47 Å². The normalized spacial score (nSPS) is 17.9. The van der Waals surface area contributed by atoms with Crippen LogP contribution in [-0.4, -0.2) is 46.5 Å². The average Bonchev–Trinajstić information content (AvgIpc) is 2.59. The highest BCUT2D eigenvalue weighted by Gasteiger charge is 2.79. The van der Waals surface area contributed by atoms with E-state index in [1.165, 1.54) is 0 Å². The van der Waals surface area contributed by atoms with Crippen molar-refractivity contribution in [2.24, 2.45) is 0 Å². The number of rotatable bonds is 8. The van der Waals surface area contributed by atoms with Crippen molar-refractivity contribution < 1.29 is 60.0 Å². The van der Waals surface area contributed by atoms with Crippen LogP contribution < -0.4 is 0 Å². The first-order valence-electron chi connectivity index (χ1n) is 8.03. The largest absolute Gasteiger partial charge is 0.457 e. The molecular formula is C14H18F6O7S. The van der Waals surface area contributed by atoms with E-state index < -0.39 is 53.3 Å². The molecule has 0 aromatic rings. The first-order valence-corrected chi connectivity index (χ1v) is 8.78. The molecule has 0 unspecified atom stereocenters. The summed E-state index contributed by atoms with van der Waals surface area (Å²) in [6.07, 6.45) is -8.79. The molecular weight excluding hydrogens is 426 g/mol. The highest BCUT2D eigenvalue weighted by atomic mass is 32.2. The standard InChI is InChI=1S/C14H18F6O7S/c1-2-11(6-4-3-5-7-11)25-9(21)8-24-10(22)12(13(15,16)17,14(18,19)20)28-27-26-23/h23H,2-8H2,1H3. The summed E-state index contributed by atoms with van der Waals surface area (Å²) in [6, 6.07) is 0. The number of ether oxygens (including phenoxy) is 2. The summed E-state index contributed by atoms with van der Waals surface area (Å²) in [6.45, 7) is 0.251. The number of hydrogen-bond acceptors (Lipinski definition) is 8. The van der Waals surface area contributed by atoms with E-state index in [9.17, 15) is 35.9 Å². The summed E-state index contributed by atoms with van der Waals surface area (Å²) in [7, 11) is 0. The third-order valence-electron chi connectivity index (χ3n) is 4.34. The molecule has 0 amide bonds. The van der Waals surface area contributed by atoms with Gasteiger partial charge in [-0.1, -0.05) is 18.4 Å². The Bertz CT molecular complexity index is 531. The Balaban J connectivity index is 2.91. The summed E-state index contributed by atoms with van der Waals surface area (Å²) in [4.78, 5) is 23.6. The van der Waals surface area contributed by atoms with Crippen molar-refractivity contribution in [3.63, 3.8) is 0 Å². The fourth-order valence-corrected chi connectivity index (χ4v) is 3.26. The molecule has 0 atom stereocenters. The summed E-state index contributed by atoms with van der Waals surface area (Å²) in [5.41, 5.74) is -0.893. The van der Waals surface area contributed by atoms with E-state index in [2.05, 4.69) is 14.1 Å². The van der Waals surface area contributed by atoms with E-state index >= 15 is 0 Å². The third kappa shape index (κ3) is 5.42. The van der Waals surface area contributed by atoms with E-state index in [0.29, 0.717) is 19.3 Å². The molecule has 1 N–H and O–H groups in total. The number of carbonyl (C=O) groups is 2. The second kappa shape index (κ2) is 9.50. The van der Waals surface area contributed by atoms with Crippen LogP contribution in [-0.2, 0) is 28.4 Å². The van der Waals surface area contributed by atoms with Gasteiger partial charge in [-0.05, 0) is 32.1 Å². The molecule has 0 spiro atoms. The van der Waals surface area contributed by atoms with Crippen molar-refractivity contribution in [3.05, 3.63) is 0 Å². The Morgan fingerprint density at radius 3 is 2.00 bits per heavy atom. The van der Waals surface area contributed by atoms with Crippen molar-refractivity contribution in [1.82, 2.24) is 0 Å². The number of hydrogen-bond donors (Lipinski definition) is 1. The van der Waals surface area contributed by atoms with Gasteiger partial charge in [-0.15, -0.1) is 4.33 Å². The van der Waals surface area contributed by atoms with Crippen LogP contribution in [0, 0.1) is 0 Å².